The van der Waals surface area contributed by atoms with Crippen molar-refractivity contribution in [1.82, 2.24) is 19.8 Å². The number of carbonyl (C=O) groups is 1. The molecular formula is C33H44ClN7O2. The molecule has 4 saturated carbocycles. The third-order valence-corrected chi connectivity index (χ3v) is 10.9. The second-order valence-electron chi connectivity index (χ2n) is 13.8. The van der Waals surface area contributed by atoms with Gasteiger partial charge in [0, 0.05) is 50.3 Å². The van der Waals surface area contributed by atoms with Crippen molar-refractivity contribution in [1.29, 1.82) is 5.26 Å². The van der Waals surface area contributed by atoms with Gasteiger partial charge in [-0.3, -0.25) is 4.90 Å². The van der Waals surface area contributed by atoms with Crippen LogP contribution < -0.4 is 10.6 Å². The summed E-state index contributed by atoms with van der Waals surface area (Å²) in [4.78, 5) is 26.4. The summed E-state index contributed by atoms with van der Waals surface area (Å²) < 4.78 is 5.76. The zero-order valence-corrected chi connectivity index (χ0v) is 26.4. The summed E-state index contributed by atoms with van der Waals surface area (Å²) in [5.41, 5.74) is 1.24. The second kappa shape index (κ2) is 12.1. The van der Waals surface area contributed by atoms with Crippen molar-refractivity contribution in [2.45, 2.75) is 77.5 Å². The second-order valence-corrected chi connectivity index (χ2v) is 14.2. The van der Waals surface area contributed by atoms with Gasteiger partial charge in [0.15, 0.2) is 0 Å². The Balaban J connectivity index is 1.07. The first kappa shape index (κ1) is 30.0. The quantitative estimate of drug-likeness (QED) is 0.350. The Hall–Kier alpha value is -3.09. The van der Waals surface area contributed by atoms with Gasteiger partial charge in [0.05, 0.1) is 6.20 Å². The molecule has 7 rings (SSSR count). The molecule has 1 amide bonds. The number of benzene rings is 1. The number of hydrogen-bond donors (Lipinski definition) is 2. The Morgan fingerprint density at radius 3 is 2.53 bits per heavy atom. The van der Waals surface area contributed by atoms with Crippen molar-refractivity contribution in [3.05, 3.63) is 46.6 Å². The van der Waals surface area contributed by atoms with Crippen LogP contribution in [0.25, 0.3) is 0 Å². The Morgan fingerprint density at radius 1 is 1.14 bits per heavy atom. The average molecular weight is 606 g/mol. The smallest absolute Gasteiger partial charge is 0.410 e. The molecule has 4 bridgehead atoms. The van der Waals surface area contributed by atoms with Crippen molar-refractivity contribution < 1.29 is 9.53 Å². The molecule has 230 valence electrons. The predicted molar refractivity (Wildman–Crippen MR) is 168 cm³/mol. The highest BCUT2D eigenvalue weighted by Gasteiger charge is 2.56. The van der Waals surface area contributed by atoms with E-state index in [1.165, 1.54) is 32.1 Å². The maximum Gasteiger partial charge on any atom is 0.410 e. The fourth-order valence-electron chi connectivity index (χ4n) is 8.33. The van der Waals surface area contributed by atoms with Crippen LogP contribution in [0.2, 0.25) is 5.02 Å². The first-order chi connectivity index (χ1) is 20.7. The van der Waals surface area contributed by atoms with Crippen LogP contribution in [-0.4, -0.2) is 70.2 Å². The molecule has 2 aromatic rings. The molecule has 2 N–H and O–H groups in total. The first-order valence-corrected chi connectivity index (χ1v) is 16.3. The lowest BCUT2D eigenvalue weighted by Crippen LogP contribution is -2.63. The number of halogens is 1. The number of nitrogens with zero attached hydrogens (tertiary/aromatic N) is 5. The highest BCUT2D eigenvalue weighted by molar-refractivity contribution is 6.31. The number of anilines is 2. The van der Waals surface area contributed by atoms with Crippen LogP contribution in [0, 0.1) is 34.5 Å². The molecule has 9 nitrogen and oxygen atoms in total. The standard InChI is InChI=1S/C33H44ClN7O2/c1-4-32(2,3)43-31(42)41-11-9-40(10-12-41)28-24-13-22-14-25(28)17-33(15-22,16-24)21-38-29-26(18-35)20-37-30(39-29)36-19-23-7-5-6-8-27(23)34/h5-8,20,22,24-25,28H,4,9-17,19,21H2,1-3H3,(H2,36,37,38,39). The number of amides is 1. The molecule has 2 unspecified atom stereocenters. The molecule has 2 atom stereocenters. The van der Waals surface area contributed by atoms with Gasteiger partial charge in [-0.1, -0.05) is 36.7 Å². The molecule has 1 aromatic heterocycles. The first-order valence-electron chi connectivity index (χ1n) is 15.9. The fraction of sp³-hybridized carbons (Fsp3) is 0.636. The number of piperazine rings is 1. The summed E-state index contributed by atoms with van der Waals surface area (Å²) in [7, 11) is 0. The largest absolute Gasteiger partial charge is 0.443 e. The molecule has 5 fully saturated rings. The molecule has 1 saturated heterocycles. The van der Waals surface area contributed by atoms with E-state index in [0.717, 1.165) is 50.6 Å². The van der Waals surface area contributed by atoms with Crippen LogP contribution in [0.5, 0.6) is 0 Å². The van der Waals surface area contributed by atoms with Crippen LogP contribution in [0.1, 0.15) is 70.4 Å². The lowest BCUT2D eigenvalue weighted by molar-refractivity contribution is -0.114. The van der Waals surface area contributed by atoms with Gasteiger partial charge in [0.25, 0.3) is 0 Å². The minimum atomic E-state index is -0.424. The Kier molecular flexibility index (Phi) is 8.45. The van der Waals surface area contributed by atoms with Crippen molar-refractivity contribution in [3.8, 4) is 6.07 Å². The summed E-state index contributed by atoms with van der Waals surface area (Å²) >= 11 is 6.31. The molecule has 4 aliphatic carbocycles. The number of carbonyl (C=O) groups excluding carboxylic acids is 1. The van der Waals surface area contributed by atoms with E-state index in [9.17, 15) is 10.1 Å². The van der Waals surface area contributed by atoms with Crippen LogP contribution in [0.15, 0.2) is 30.5 Å². The van der Waals surface area contributed by atoms with Crippen molar-refractivity contribution in [2.24, 2.45) is 23.2 Å². The molecule has 0 spiro atoms. The van der Waals surface area contributed by atoms with E-state index in [1.54, 1.807) is 6.20 Å². The molecule has 10 heteroatoms. The predicted octanol–water partition coefficient (Wildman–Crippen LogP) is 6.16. The zero-order valence-electron chi connectivity index (χ0n) is 25.6. The Bertz CT molecular complexity index is 1350. The number of aromatic nitrogens is 2. The summed E-state index contributed by atoms with van der Waals surface area (Å²) in [6.45, 7) is 10.7. The molecule has 1 aromatic carbocycles. The fourth-order valence-corrected chi connectivity index (χ4v) is 8.53. The van der Waals surface area contributed by atoms with E-state index in [2.05, 4.69) is 26.6 Å². The minimum Gasteiger partial charge on any atom is -0.443 e. The van der Waals surface area contributed by atoms with Crippen LogP contribution >= 0.6 is 11.6 Å². The van der Waals surface area contributed by atoms with Crippen LogP contribution in [0.3, 0.4) is 0 Å². The van der Waals surface area contributed by atoms with Crippen molar-refractivity contribution in [3.63, 3.8) is 0 Å². The number of ether oxygens (including phenoxy) is 1. The number of rotatable bonds is 9. The van der Waals surface area contributed by atoms with E-state index in [-0.39, 0.29) is 11.5 Å². The van der Waals surface area contributed by atoms with Gasteiger partial charge < -0.3 is 20.3 Å². The minimum absolute atomic E-state index is 0.176. The van der Waals surface area contributed by atoms with Gasteiger partial charge in [0.1, 0.15) is 23.1 Å². The van der Waals surface area contributed by atoms with E-state index < -0.39 is 5.60 Å². The van der Waals surface area contributed by atoms with E-state index in [1.807, 2.05) is 49.9 Å². The van der Waals surface area contributed by atoms with Gasteiger partial charge in [-0.2, -0.15) is 10.2 Å². The molecule has 5 aliphatic rings. The third-order valence-electron chi connectivity index (χ3n) is 10.5. The summed E-state index contributed by atoms with van der Waals surface area (Å²) in [6.07, 6.45) is 8.50. The highest BCUT2D eigenvalue weighted by Crippen LogP contribution is 2.61. The number of hydrogen-bond acceptors (Lipinski definition) is 8. The SMILES string of the molecule is CCC(C)(C)OC(=O)N1CCN(C2C3CC4CC2CC(CNc2nc(NCc5ccccc5Cl)ncc2C#N)(C4)C3)CC1. The van der Waals surface area contributed by atoms with E-state index >= 15 is 0 Å². The monoisotopic (exact) mass is 605 g/mol. The molecule has 1 aliphatic heterocycles. The average Bonchev–Trinajstić information content (AvgIpc) is 2.99. The summed E-state index contributed by atoms with van der Waals surface area (Å²) in [5, 5.41) is 17.3. The topological polar surface area (TPSA) is 106 Å². The molecular weight excluding hydrogens is 562 g/mol. The Morgan fingerprint density at radius 2 is 1.86 bits per heavy atom. The van der Waals surface area contributed by atoms with Crippen molar-refractivity contribution in [2.75, 3.05) is 43.4 Å². The summed E-state index contributed by atoms with van der Waals surface area (Å²) in [6, 6.07) is 10.6. The highest BCUT2D eigenvalue weighted by atomic mass is 35.5. The summed E-state index contributed by atoms with van der Waals surface area (Å²) in [5.74, 6) is 3.21. The normalized spacial score (nSPS) is 28.4. The van der Waals surface area contributed by atoms with E-state index in [4.69, 9.17) is 21.3 Å². The van der Waals surface area contributed by atoms with Crippen molar-refractivity contribution >= 4 is 29.5 Å². The third kappa shape index (κ3) is 6.41. The lowest BCUT2D eigenvalue weighted by Gasteiger charge is -2.62. The molecule has 2 heterocycles. The zero-order chi connectivity index (χ0) is 30.2. The van der Waals surface area contributed by atoms with Crippen LogP contribution in [0.4, 0.5) is 16.6 Å². The van der Waals surface area contributed by atoms with Gasteiger partial charge in [-0.25, -0.2) is 9.78 Å². The van der Waals surface area contributed by atoms with Gasteiger partial charge in [-0.15, -0.1) is 0 Å². The molecule has 0 radical (unpaired) electrons. The maximum atomic E-state index is 12.8. The lowest BCUT2D eigenvalue weighted by atomic mass is 9.47. The van der Waals surface area contributed by atoms with Gasteiger partial charge in [-0.05, 0) is 87.2 Å². The maximum absolute atomic E-state index is 12.8. The Labute approximate surface area is 260 Å². The number of nitriles is 1. The van der Waals surface area contributed by atoms with Gasteiger partial charge >= 0.3 is 6.09 Å². The van der Waals surface area contributed by atoms with E-state index in [0.29, 0.717) is 46.8 Å². The van der Waals surface area contributed by atoms with Gasteiger partial charge in [0.2, 0.25) is 5.95 Å². The molecule has 43 heavy (non-hydrogen) atoms. The van der Waals surface area contributed by atoms with Crippen LogP contribution in [-0.2, 0) is 11.3 Å². The number of nitrogens with one attached hydrogen (secondary N) is 2.